The molecule has 3 heteroatoms. The Bertz CT molecular complexity index is 636. The van der Waals surface area contributed by atoms with Crippen molar-refractivity contribution in [1.29, 1.82) is 0 Å². The van der Waals surface area contributed by atoms with E-state index in [1.165, 1.54) is 19.3 Å². The fourth-order valence-corrected chi connectivity index (χ4v) is 3.08. The first-order chi connectivity index (χ1) is 11.2. The molecule has 120 valence electrons. The molecule has 23 heavy (non-hydrogen) atoms. The molecular weight excluding hydrogens is 286 g/mol. The first-order valence-electron chi connectivity index (χ1n) is 8.36. The van der Waals surface area contributed by atoms with E-state index >= 15 is 0 Å². The second kappa shape index (κ2) is 7.32. The van der Waals surface area contributed by atoms with Gasteiger partial charge in [0.25, 0.3) is 5.91 Å². The van der Waals surface area contributed by atoms with Crippen LogP contribution in [0.25, 0.3) is 0 Å². The van der Waals surface area contributed by atoms with E-state index in [9.17, 15) is 4.79 Å². The van der Waals surface area contributed by atoms with E-state index in [4.69, 9.17) is 4.74 Å². The van der Waals surface area contributed by atoms with E-state index < -0.39 is 0 Å². The predicted molar refractivity (Wildman–Crippen MR) is 91.8 cm³/mol. The standard InChI is InChI=1S/C20H23NO2/c1-15-7-5-6-10-19(15)21-20(22)16-11-13-18(14-12-16)23-17-8-3-2-4-9-17/h2-4,8-9,11-15,19H,5-7,10H2,1H3,(H,21,22)/t15-,19+/m0/s1. The summed E-state index contributed by atoms with van der Waals surface area (Å²) < 4.78 is 5.75. The summed E-state index contributed by atoms with van der Waals surface area (Å²) in [5, 5.41) is 3.17. The van der Waals surface area contributed by atoms with E-state index in [0.29, 0.717) is 17.5 Å². The third-order valence-corrected chi connectivity index (χ3v) is 4.52. The lowest BCUT2D eigenvalue weighted by Gasteiger charge is -2.29. The number of rotatable bonds is 4. The van der Waals surface area contributed by atoms with E-state index in [0.717, 1.165) is 17.9 Å². The van der Waals surface area contributed by atoms with Crippen molar-refractivity contribution in [2.45, 2.75) is 38.6 Å². The topological polar surface area (TPSA) is 38.3 Å². The average Bonchev–Trinajstić information content (AvgIpc) is 2.58. The maximum Gasteiger partial charge on any atom is 0.251 e. The van der Waals surface area contributed by atoms with Gasteiger partial charge in [-0.15, -0.1) is 0 Å². The molecule has 0 spiro atoms. The minimum Gasteiger partial charge on any atom is -0.457 e. The molecule has 2 aromatic rings. The zero-order chi connectivity index (χ0) is 16.1. The minimum absolute atomic E-state index is 0.00927. The molecular formula is C20H23NO2. The lowest BCUT2D eigenvalue weighted by Crippen LogP contribution is -2.41. The maximum absolute atomic E-state index is 12.4. The highest BCUT2D eigenvalue weighted by molar-refractivity contribution is 5.94. The third kappa shape index (κ3) is 4.13. The zero-order valence-corrected chi connectivity index (χ0v) is 13.5. The number of ether oxygens (including phenoxy) is 1. The summed E-state index contributed by atoms with van der Waals surface area (Å²) in [6.07, 6.45) is 4.77. The normalized spacial score (nSPS) is 20.7. The second-order valence-corrected chi connectivity index (χ2v) is 6.28. The quantitative estimate of drug-likeness (QED) is 0.882. The van der Waals surface area contributed by atoms with Crippen LogP contribution in [0, 0.1) is 5.92 Å². The van der Waals surface area contributed by atoms with Crippen molar-refractivity contribution >= 4 is 5.91 Å². The fourth-order valence-electron chi connectivity index (χ4n) is 3.08. The van der Waals surface area contributed by atoms with Gasteiger partial charge >= 0.3 is 0 Å². The van der Waals surface area contributed by atoms with Crippen molar-refractivity contribution < 1.29 is 9.53 Å². The number of hydrogen-bond donors (Lipinski definition) is 1. The van der Waals surface area contributed by atoms with Gasteiger partial charge in [0.1, 0.15) is 11.5 Å². The lowest BCUT2D eigenvalue weighted by molar-refractivity contribution is 0.0910. The van der Waals surface area contributed by atoms with Gasteiger partial charge in [-0.1, -0.05) is 38.0 Å². The first-order valence-corrected chi connectivity index (χ1v) is 8.36. The zero-order valence-electron chi connectivity index (χ0n) is 13.5. The molecule has 0 unspecified atom stereocenters. The smallest absolute Gasteiger partial charge is 0.251 e. The molecule has 0 saturated heterocycles. The molecule has 1 aliphatic carbocycles. The Hall–Kier alpha value is -2.29. The number of benzene rings is 2. The number of hydrogen-bond acceptors (Lipinski definition) is 2. The molecule has 1 aliphatic rings. The van der Waals surface area contributed by atoms with Gasteiger partial charge in [0, 0.05) is 11.6 Å². The Labute approximate surface area is 137 Å². The van der Waals surface area contributed by atoms with Crippen LogP contribution in [-0.4, -0.2) is 11.9 Å². The van der Waals surface area contributed by atoms with Crippen LogP contribution >= 0.6 is 0 Å². The largest absolute Gasteiger partial charge is 0.457 e. The highest BCUT2D eigenvalue weighted by Gasteiger charge is 2.23. The van der Waals surface area contributed by atoms with Gasteiger partial charge in [0.2, 0.25) is 0 Å². The lowest BCUT2D eigenvalue weighted by atomic mass is 9.86. The van der Waals surface area contributed by atoms with E-state index in [-0.39, 0.29) is 5.91 Å². The summed E-state index contributed by atoms with van der Waals surface area (Å²) in [6.45, 7) is 2.22. The Balaban J connectivity index is 1.61. The number of nitrogens with one attached hydrogen (secondary N) is 1. The molecule has 0 bridgehead atoms. The highest BCUT2D eigenvalue weighted by Crippen LogP contribution is 2.25. The van der Waals surface area contributed by atoms with Crippen LogP contribution in [0.3, 0.4) is 0 Å². The fraction of sp³-hybridized carbons (Fsp3) is 0.350. The Morgan fingerprint density at radius 1 is 0.957 bits per heavy atom. The Kier molecular flexibility index (Phi) is 4.96. The number of carbonyl (C=O) groups is 1. The van der Waals surface area contributed by atoms with Crippen molar-refractivity contribution in [3.63, 3.8) is 0 Å². The van der Waals surface area contributed by atoms with Crippen LogP contribution in [0.4, 0.5) is 0 Å². The monoisotopic (exact) mass is 309 g/mol. The highest BCUT2D eigenvalue weighted by atomic mass is 16.5. The minimum atomic E-state index is 0.00927. The Morgan fingerprint density at radius 3 is 2.30 bits per heavy atom. The summed E-state index contributed by atoms with van der Waals surface area (Å²) in [5.41, 5.74) is 0.684. The van der Waals surface area contributed by atoms with Crippen molar-refractivity contribution in [1.82, 2.24) is 5.32 Å². The van der Waals surface area contributed by atoms with Gasteiger partial charge in [-0.2, -0.15) is 0 Å². The summed E-state index contributed by atoms with van der Waals surface area (Å²) in [6, 6.07) is 17.3. The predicted octanol–water partition coefficient (Wildman–Crippen LogP) is 4.79. The average molecular weight is 309 g/mol. The van der Waals surface area contributed by atoms with Crippen molar-refractivity contribution in [3.05, 3.63) is 60.2 Å². The number of carbonyl (C=O) groups excluding carboxylic acids is 1. The molecule has 3 rings (SSSR count). The molecule has 1 fully saturated rings. The third-order valence-electron chi connectivity index (χ3n) is 4.52. The molecule has 0 heterocycles. The van der Waals surface area contributed by atoms with Gasteiger partial charge in [-0.05, 0) is 55.2 Å². The van der Waals surface area contributed by atoms with Crippen LogP contribution in [-0.2, 0) is 0 Å². The molecule has 1 N–H and O–H groups in total. The van der Waals surface area contributed by atoms with E-state index in [2.05, 4.69) is 12.2 Å². The summed E-state index contributed by atoms with van der Waals surface area (Å²) >= 11 is 0. The van der Waals surface area contributed by atoms with Crippen molar-refractivity contribution in [2.75, 3.05) is 0 Å². The van der Waals surface area contributed by atoms with Gasteiger partial charge < -0.3 is 10.1 Å². The van der Waals surface area contributed by atoms with Crippen LogP contribution in [0.15, 0.2) is 54.6 Å². The van der Waals surface area contributed by atoms with Gasteiger partial charge in [0.05, 0.1) is 0 Å². The van der Waals surface area contributed by atoms with Crippen LogP contribution in [0.2, 0.25) is 0 Å². The van der Waals surface area contributed by atoms with Crippen molar-refractivity contribution in [3.8, 4) is 11.5 Å². The van der Waals surface area contributed by atoms with Crippen LogP contribution in [0.5, 0.6) is 11.5 Å². The molecule has 2 atom stereocenters. The second-order valence-electron chi connectivity index (χ2n) is 6.28. The molecule has 1 saturated carbocycles. The molecule has 1 amide bonds. The van der Waals surface area contributed by atoms with Crippen LogP contribution < -0.4 is 10.1 Å². The number of amides is 1. The number of para-hydroxylation sites is 1. The van der Waals surface area contributed by atoms with Gasteiger partial charge in [-0.3, -0.25) is 4.79 Å². The van der Waals surface area contributed by atoms with E-state index in [1.54, 1.807) is 0 Å². The molecule has 0 aromatic heterocycles. The Morgan fingerprint density at radius 2 is 1.61 bits per heavy atom. The summed E-state index contributed by atoms with van der Waals surface area (Å²) in [7, 11) is 0. The van der Waals surface area contributed by atoms with Gasteiger partial charge in [-0.25, -0.2) is 0 Å². The van der Waals surface area contributed by atoms with E-state index in [1.807, 2.05) is 54.6 Å². The van der Waals surface area contributed by atoms with Crippen molar-refractivity contribution in [2.24, 2.45) is 5.92 Å². The summed E-state index contributed by atoms with van der Waals surface area (Å²) in [5.74, 6) is 2.10. The SMILES string of the molecule is C[C@H]1CCCC[C@H]1NC(=O)c1ccc(Oc2ccccc2)cc1. The summed E-state index contributed by atoms with van der Waals surface area (Å²) in [4.78, 5) is 12.4. The molecule has 3 nitrogen and oxygen atoms in total. The molecule has 0 radical (unpaired) electrons. The first kappa shape index (κ1) is 15.6. The maximum atomic E-state index is 12.4. The molecule has 0 aliphatic heterocycles. The van der Waals surface area contributed by atoms with Gasteiger partial charge in [0.15, 0.2) is 0 Å². The van der Waals surface area contributed by atoms with Crippen LogP contribution in [0.1, 0.15) is 43.0 Å². The molecule has 2 aromatic carbocycles.